The molecule has 3 aromatic rings. The lowest BCUT2D eigenvalue weighted by Gasteiger charge is -2.40. The summed E-state index contributed by atoms with van der Waals surface area (Å²) in [5, 5.41) is 0. The molecule has 5 rings (SSSR count). The molecule has 2 aliphatic rings. The van der Waals surface area contributed by atoms with E-state index in [1.165, 1.54) is 25.4 Å². The first-order valence-electron chi connectivity index (χ1n) is 16.2. The van der Waals surface area contributed by atoms with Crippen molar-refractivity contribution in [2.45, 2.75) is 90.0 Å². The molecular formula is C36H42F3N3O5. The van der Waals surface area contributed by atoms with E-state index >= 15 is 0 Å². The minimum Gasteiger partial charge on any atom is -0.465 e. The molecule has 11 heteroatoms. The van der Waals surface area contributed by atoms with E-state index in [-0.39, 0.29) is 41.7 Å². The van der Waals surface area contributed by atoms with Crippen LogP contribution >= 0.6 is 0 Å². The van der Waals surface area contributed by atoms with Crippen molar-refractivity contribution in [2.24, 2.45) is 11.8 Å². The number of alkyl halides is 3. The van der Waals surface area contributed by atoms with E-state index in [1.807, 2.05) is 13.0 Å². The van der Waals surface area contributed by atoms with Crippen LogP contribution in [0.2, 0.25) is 0 Å². The molecule has 0 saturated heterocycles. The summed E-state index contributed by atoms with van der Waals surface area (Å²) >= 11 is 0. The van der Waals surface area contributed by atoms with E-state index < -0.39 is 23.6 Å². The number of halogens is 3. The largest absolute Gasteiger partial charge is 0.465 e. The zero-order valence-corrected chi connectivity index (χ0v) is 27.3. The summed E-state index contributed by atoms with van der Waals surface area (Å²) in [4.78, 5) is 37.5. The Hall–Kier alpha value is -3.99. The quantitative estimate of drug-likeness (QED) is 0.216. The fraction of sp³-hybridized carbons (Fsp3) is 0.500. The van der Waals surface area contributed by atoms with Gasteiger partial charge in [0.1, 0.15) is 11.3 Å². The Kier molecular flexibility index (Phi) is 10.8. The molecule has 0 N–H and O–H groups in total. The molecular weight excluding hydrogens is 611 g/mol. The summed E-state index contributed by atoms with van der Waals surface area (Å²) in [7, 11) is 2.91. The summed E-state index contributed by atoms with van der Waals surface area (Å²) < 4.78 is 59.1. The highest BCUT2D eigenvalue weighted by molar-refractivity contribution is 6.04. The zero-order chi connectivity index (χ0) is 33.7. The van der Waals surface area contributed by atoms with E-state index in [0.717, 1.165) is 50.3 Å². The van der Waals surface area contributed by atoms with Gasteiger partial charge in [-0.25, -0.2) is 9.78 Å². The Morgan fingerprint density at radius 2 is 1.68 bits per heavy atom. The summed E-state index contributed by atoms with van der Waals surface area (Å²) in [5.74, 6) is -1.09. The van der Waals surface area contributed by atoms with Gasteiger partial charge in [0.25, 0.3) is 0 Å². The predicted molar refractivity (Wildman–Crippen MR) is 171 cm³/mol. The van der Waals surface area contributed by atoms with Gasteiger partial charge in [0.2, 0.25) is 11.8 Å². The lowest BCUT2D eigenvalue weighted by molar-refractivity contribution is -0.139. The third-order valence-electron chi connectivity index (χ3n) is 9.34. The number of anilines is 1. The third-order valence-corrected chi connectivity index (χ3v) is 9.34. The molecule has 47 heavy (non-hydrogen) atoms. The van der Waals surface area contributed by atoms with Crippen LogP contribution in [0.1, 0.15) is 91.2 Å². The molecule has 0 spiro atoms. The van der Waals surface area contributed by atoms with Crippen molar-refractivity contribution in [3.63, 3.8) is 0 Å². The minimum atomic E-state index is -4.76. The van der Waals surface area contributed by atoms with Crippen LogP contribution in [0.15, 0.2) is 48.7 Å². The number of aromatic nitrogens is 2. The van der Waals surface area contributed by atoms with Crippen LogP contribution in [-0.2, 0) is 26.9 Å². The smallest absolute Gasteiger partial charge is 0.421 e. The molecule has 8 nitrogen and oxygen atoms in total. The second-order valence-electron chi connectivity index (χ2n) is 12.7. The van der Waals surface area contributed by atoms with Gasteiger partial charge in [0, 0.05) is 43.1 Å². The summed E-state index contributed by atoms with van der Waals surface area (Å²) in [6, 6.07) is 10.6. The average Bonchev–Trinajstić information content (AvgIpc) is 3.06. The number of hydrogen-bond donors (Lipinski definition) is 0. The van der Waals surface area contributed by atoms with Crippen molar-refractivity contribution >= 4 is 17.6 Å². The van der Waals surface area contributed by atoms with Gasteiger partial charge in [-0.2, -0.15) is 13.2 Å². The normalized spacial score (nSPS) is 21.6. The van der Waals surface area contributed by atoms with Gasteiger partial charge in [-0.15, -0.1) is 0 Å². The number of rotatable bonds is 9. The summed E-state index contributed by atoms with van der Waals surface area (Å²) in [6.07, 6.45) is 3.17. The molecule has 0 aliphatic heterocycles. The monoisotopic (exact) mass is 653 g/mol. The van der Waals surface area contributed by atoms with Gasteiger partial charge in [0.05, 0.1) is 24.5 Å². The molecule has 0 radical (unpaired) electrons. The van der Waals surface area contributed by atoms with Gasteiger partial charge in [-0.3, -0.25) is 9.78 Å². The predicted octanol–water partition coefficient (Wildman–Crippen LogP) is 8.09. The van der Waals surface area contributed by atoms with Crippen LogP contribution in [0.25, 0.3) is 0 Å². The van der Waals surface area contributed by atoms with E-state index in [2.05, 4.69) is 16.9 Å². The highest BCUT2D eigenvalue weighted by atomic mass is 19.4. The second-order valence-corrected chi connectivity index (χ2v) is 12.7. The van der Waals surface area contributed by atoms with Crippen molar-refractivity contribution in [1.82, 2.24) is 9.97 Å². The van der Waals surface area contributed by atoms with Crippen molar-refractivity contribution in [3.8, 4) is 11.6 Å². The Balaban J connectivity index is 1.48. The number of ether oxygens (including phenoxy) is 3. The first-order chi connectivity index (χ1) is 22.5. The second kappa shape index (κ2) is 14.8. The van der Waals surface area contributed by atoms with E-state index in [4.69, 9.17) is 14.2 Å². The molecule has 1 amide bonds. The molecule has 2 heterocycles. The lowest BCUT2D eigenvalue weighted by Crippen LogP contribution is -2.47. The molecule has 2 aromatic heterocycles. The number of amides is 1. The van der Waals surface area contributed by atoms with Gasteiger partial charge in [0.15, 0.2) is 0 Å². The highest BCUT2D eigenvalue weighted by Crippen LogP contribution is 2.40. The molecule has 2 saturated carbocycles. The van der Waals surface area contributed by atoms with Crippen molar-refractivity contribution in [3.05, 3.63) is 76.7 Å². The van der Waals surface area contributed by atoms with E-state index in [1.54, 1.807) is 30.2 Å². The van der Waals surface area contributed by atoms with Gasteiger partial charge >= 0.3 is 12.1 Å². The Morgan fingerprint density at radius 3 is 2.32 bits per heavy atom. The number of hydrogen-bond acceptors (Lipinski definition) is 7. The third kappa shape index (κ3) is 8.30. The summed E-state index contributed by atoms with van der Waals surface area (Å²) in [5.41, 5.74) is 1.04. The van der Waals surface area contributed by atoms with Crippen LogP contribution in [0, 0.1) is 18.8 Å². The Labute approximate surface area is 273 Å². The average molecular weight is 654 g/mol. The molecule has 252 valence electrons. The van der Waals surface area contributed by atoms with Crippen LogP contribution in [0.3, 0.4) is 0 Å². The fourth-order valence-corrected chi connectivity index (χ4v) is 6.70. The van der Waals surface area contributed by atoms with E-state index in [0.29, 0.717) is 35.7 Å². The maximum Gasteiger partial charge on any atom is 0.421 e. The van der Waals surface area contributed by atoms with Crippen molar-refractivity contribution < 1.29 is 37.0 Å². The Bertz CT molecular complexity index is 1560. The molecule has 2 aliphatic carbocycles. The maximum absolute atomic E-state index is 14.3. The van der Waals surface area contributed by atoms with Crippen LogP contribution in [0.4, 0.5) is 18.9 Å². The molecule has 2 fully saturated rings. The van der Waals surface area contributed by atoms with Gasteiger partial charge < -0.3 is 19.1 Å². The van der Waals surface area contributed by atoms with Gasteiger partial charge in [-0.05, 0) is 106 Å². The fourth-order valence-electron chi connectivity index (χ4n) is 6.70. The standard InChI is InChI=1S/C36H42F3N3O5/c1-22-8-10-25(11-9-22)34(43)42(27-12-14-28(45-3)15-13-27)32-17-16-29(20-30(32)35(44)46-4)47-33-31(36(37,38)39)19-24(21-40-33)18-26-7-5-6-23(2)41-26/h5-7,16-17,19-22,25,27-28H,8-15,18H2,1-4H3/t22-,25-,27?,28?. The first-order valence-corrected chi connectivity index (χ1v) is 16.2. The molecule has 0 bridgehead atoms. The van der Waals surface area contributed by atoms with Crippen molar-refractivity contribution in [1.29, 1.82) is 0 Å². The number of pyridine rings is 2. The number of carbonyl (C=O) groups is 2. The van der Waals surface area contributed by atoms with Crippen LogP contribution in [-0.4, -0.2) is 48.2 Å². The molecule has 1 aromatic carbocycles. The maximum atomic E-state index is 14.3. The Morgan fingerprint density at radius 1 is 0.957 bits per heavy atom. The number of methoxy groups -OCH3 is 2. The zero-order valence-electron chi connectivity index (χ0n) is 27.3. The van der Waals surface area contributed by atoms with Crippen molar-refractivity contribution in [2.75, 3.05) is 19.1 Å². The number of benzene rings is 1. The number of carbonyl (C=O) groups excluding carboxylic acids is 2. The van der Waals surface area contributed by atoms with E-state index in [9.17, 15) is 22.8 Å². The lowest BCUT2D eigenvalue weighted by atomic mass is 9.81. The van der Waals surface area contributed by atoms with Gasteiger partial charge in [-0.1, -0.05) is 13.0 Å². The minimum absolute atomic E-state index is 0.0343. The summed E-state index contributed by atoms with van der Waals surface area (Å²) in [6.45, 7) is 4.00. The van der Waals surface area contributed by atoms with Crippen LogP contribution in [0.5, 0.6) is 11.6 Å². The number of aryl methyl sites for hydroxylation is 1. The molecule has 0 unspecified atom stereocenters. The number of nitrogens with zero attached hydrogens (tertiary/aromatic N) is 3. The topological polar surface area (TPSA) is 90.9 Å². The number of esters is 1. The molecule has 0 atom stereocenters. The van der Waals surface area contributed by atoms with Crippen LogP contribution < -0.4 is 9.64 Å². The first kappa shape index (κ1) is 34.3. The highest BCUT2D eigenvalue weighted by Gasteiger charge is 2.38. The SMILES string of the molecule is COC(=O)c1cc(Oc2ncc(Cc3cccc(C)n3)cc2C(F)(F)F)ccc1N(C(=O)[C@H]1CC[C@H](C)CC1)C1CCC(OC)CC1.